The fourth-order valence-corrected chi connectivity index (χ4v) is 3.96. The highest BCUT2D eigenvalue weighted by molar-refractivity contribution is 5.98. The Bertz CT molecular complexity index is 1110. The Morgan fingerprint density at radius 1 is 1.12 bits per heavy atom. The third-order valence-corrected chi connectivity index (χ3v) is 5.91. The summed E-state index contributed by atoms with van der Waals surface area (Å²) >= 11 is 0. The van der Waals surface area contributed by atoms with Crippen molar-refractivity contribution in [3.05, 3.63) is 83.8 Å². The second-order valence-corrected chi connectivity index (χ2v) is 9.27. The SMILES string of the molecule is CC(C)(N)C(=O)N[C@H](COCc1ccccc1)C(=O)Nc1cn(C2Cc3ccccc3C2)cn1. The third-order valence-electron chi connectivity index (χ3n) is 5.91. The van der Waals surface area contributed by atoms with Crippen molar-refractivity contribution >= 4 is 17.6 Å². The molecule has 2 aromatic carbocycles. The van der Waals surface area contributed by atoms with Crippen molar-refractivity contribution in [2.24, 2.45) is 5.73 Å². The van der Waals surface area contributed by atoms with Crippen molar-refractivity contribution in [1.82, 2.24) is 14.9 Å². The average molecular weight is 462 g/mol. The molecule has 1 atom stereocenters. The number of carbonyl (C=O) groups excluding carboxylic acids is 2. The molecule has 0 fully saturated rings. The number of aromatic nitrogens is 2. The van der Waals surface area contributed by atoms with Crippen molar-refractivity contribution in [1.29, 1.82) is 0 Å². The van der Waals surface area contributed by atoms with Crippen LogP contribution in [0.25, 0.3) is 0 Å². The number of hydrogen-bond donors (Lipinski definition) is 3. The number of rotatable bonds is 9. The minimum absolute atomic E-state index is 0.00118. The van der Waals surface area contributed by atoms with Crippen LogP contribution in [0.5, 0.6) is 0 Å². The highest BCUT2D eigenvalue weighted by Crippen LogP contribution is 2.30. The van der Waals surface area contributed by atoms with Crippen molar-refractivity contribution < 1.29 is 14.3 Å². The molecule has 178 valence electrons. The van der Waals surface area contributed by atoms with Crippen LogP contribution in [0, 0.1) is 0 Å². The molecule has 0 saturated heterocycles. The van der Waals surface area contributed by atoms with Gasteiger partial charge in [-0.05, 0) is 43.4 Å². The molecule has 4 N–H and O–H groups in total. The first kappa shape index (κ1) is 23.7. The van der Waals surface area contributed by atoms with Gasteiger partial charge in [-0.15, -0.1) is 0 Å². The van der Waals surface area contributed by atoms with Crippen LogP contribution in [0.4, 0.5) is 5.82 Å². The van der Waals surface area contributed by atoms with E-state index >= 15 is 0 Å². The van der Waals surface area contributed by atoms with E-state index in [1.807, 2.05) is 41.1 Å². The number of imidazole rings is 1. The summed E-state index contributed by atoms with van der Waals surface area (Å²) in [5.41, 5.74) is 8.44. The van der Waals surface area contributed by atoms with E-state index in [2.05, 4.69) is 39.9 Å². The quantitative estimate of drug-likeness (QED) is 0.454. The molecule has 0 aliphatic heterocycles. The second-order valence-electron chi connectivity index (χ2n) is 9.27. The molecular weight excluding hydrogens is 430 g/mol. The number of carbonyl (C=O) groups is 2. The van der Waals surface area contributed by atoms with E-state index in [1.165, 1.54) is 11.1 Å². The van der Waals surface area contributed by atoms with E-state index < -0.39 is 23.4 Å². The Morgan fingerprint density at radius 3 is 2.41 bits per heavy atom. The first-order chi connectivity index (χ1) is 16.3. The zero-order chi connectivity index (χ0) is 24.1. The summed E-state index contributed by atoms with van der Waals surface area (Å²) < 4.78 is 7.76. The summed E-state index contributed by atoms with van der Waals surface area (Å²) in [6, 6.07) is 17.4. The molecule has 1 heterocycles. The fraction of sp³-hybridized carbons (Fsp3) is 0.346. The standard InChI is InChI=1S/C26H31N5O3/c1-26(2,27)25(33)29-22(16-34-15-18-8-4-3-5-9-18)24(32)30-23-14-31(17-28-23)21-12-19-10-6-7-11-20(19)13-21/h3-11,14,17,21-22H,12-13,15-16,27H2,1-2H3,(H,29,33)(H,30,32)/t22-/m1/s1. The summed E-state index contributed by atoms with van der Waals surface area (Å²) in [6.45, 7) is 3.50. The molecule has 2 amide bonds. The predicted octanol–water partition coefficient (Wildman–Crippen LogP) is 2.60. The molecule has 0 unspecified atom stereocenters. The summed E-state index contributed by atoms with van der Waals surface area (Å²) in [5.74, 6) is -0.425. The lowest BCUT2D eigenvalue weighted by Crippen LogP contribution is -2.56. The van der Waals surface area contributed by atoms with E-state index in [1.54, 1.807) is 20.2 Å². The number of hydrogen-bond acceptors (Lipinski definition) is 5. The van der Waals surface area contributed by atoms with Gasteiger partial charge >= 0.3 is 0 Å². The van der Waals surface area contributed by atoms with Crippen molar-refractivity contribution in [3.8, 4) is 0 Å². The Balaban J connectivity index is 1.39. The molecular formula is C26H31N5O3. The molecule has 0 bridgehead atoms. The van der Waals surface area contributed by atoms with Gasteiger partial charge < -0.3 is 25.7 Å². The summed E-state index contributed by atoms with van der Waals surface area (Å²) in [4.78, 5) is 29.8. The van der Waals surface area contributed by atoms with Crippen LogP contribution in [0.1, 0.15) is 36.6 Å². The van der Waals surface area contributed by atoms with Gasteiger partial charge in [0.1, 0.15) is 6.04 Å². The van der Waals surface area contributed by atoms with E-state index in [0.29, 0.717) is 12.4 Å². The Morgan fingerprint density at radius 2 is 1.76 bits per heavy atom. The molecule has 0 spiro atoms. The molecule has 8 nitrogen and oxygen atoms in total. The molecule has 1 aromatic heterocycles. The molecule has 1 aliphatic rings. The largest absolute Gasteiger partial charge is 0.374 e. The number of fused-ring (bicyclic) bond motifs is 1. The number of nitrogens with one attached hydrogen (secondary N) is 2. The van der Waals surface area contributed by atoms with Crippen LogP contribution in [-0.4, -0.2) is 39.6 Å². The minimum atomic E-state index is -1.13. The van der Waals surface area contributed by atoms with Crippen LogP contribution in [-0.2, 0) is 33.8 Å². The van der Waals surface area contributed by atoms with Crippen molar-refractivity contribution in [2.45, 2.75) is 50.9 Å². The first-order valence-electron chi connectivity index (χ1n) is 11.4. The Labute approximate surface area is 199 Å². The maximum atomic E-state index is 13.0. The van der Waals surface area contributed by atoms with Crippen LogP contribution < -0.4 is 16.4 Å². The molecule has 0 radical (unpaired) electrons. The van der Waals surface area contributed by atoms with E-state index in [9.17, 15) is 9.59 Å². The smallest absolute Gasteiger partial charge is 0.250 e. The zero-order valence-corrected chi connectivity index (χ0v) is 19.5. The van der Waals surface area contributed by atoms with Gasteiger partial charge in [0.05, 0.1) is 25.1 Å². The van der Waals surface area contributed by atoms with Crippen molar-refractivity contribution in [3.63, 3.8) is 0 Å². The predicted molar refractivity (Wildman–Crippen MR) is 130 cm³/mol. The van der Waals surface area contributed by atoms with E-state index in [0.717, 1.165) is 18.4 Å². The highest BCUT2D eigenvalue weighted by Gasteiger charge is 2.29. The molecule has 0 saturated carbocycles. The first-order valence-corrected chi connectivity index (χ1v) is 11.4. The molecule has 8 heteroatoms. The van der Waals surface area contributed by atoms with Crippen LogP contribution in [0.15, 0.2) is 67.1 Å². The Hall–Kier alpha value is -3.49. The lowest BCUT2D eigenvalue weighted by atomic mass is 10.1. The minimum Gasteiger partial charge on any atom is -0.374 e. The van der Waals surface area contributed by atoms with Gasteiger partial charge in [0.15, 0.2) is 5.82 Å². The average Bonchev–Trinajstić information content (AvgIpc) is 3.45. The highest BCUT2D eigenvalue weighted by atomic mass is 16.5. The van der Waals surface area contributed by atoms with Crippen LogP contribution in [0.3, 0.4) is 0 Å². The third kappa shape index (κ3) is 5.89. The molecule has 3 aromatic rings. The fourth-order valence-electron chi connectivity index (χ4n) is 3.96. The number of benzene rings is 2. The number of anilines is 1. The summed E-state index contributed by atoms with van der Waals surface area (Å²) in [7, 11) is 0. The zero-order valence-electron chi connectivity index (χ0n) is 19.5. The lowest BCUT2D eigenvalue weighted by Gasteiger charge is -2.23. The maximum Gasteiger partial charge on any atom is 0.250 e. The van der Waals surface area contributed by atoms with Crippen LogP contribution in [0.2, 0.25) is 0 Å². The van der Waals surface area contributed by atoms with Gasteiger partial charge in [-0.2, -0.15) is 0 Å². The number of amides is 2. The lowest BCUT2D eigenvalue weighted by molar-refractivity contribution is -0.130. The molecule has 4 rings (SSSR count). The monoisotopic (exact) mass is 461 g/mol. The van der Waals surface area contributed by atoms with Gasteiger partial charge in [-0.3, -0.25) is 9.59 Å². The van der Waals surface area contributed by atoms with Gasteiger partial charge in [0.2, 0.25) is 5.91 Å². The Kier molecular flexibility index (Phi) is 7.09. The van der Waals surface area contributed by atoms with E-state index in [4.69, 9.17) is 10.5 Å². The number of nitrogens with two attached hydrogens (primary N) is 1. The van der Waals surface area contributed by atoms with E-state index in [-0.39, 0.29) is 12.6 Å². The van der Waals surface area contributed by atoms with Crippen molar-refractivity contribution in [2.75, 3.05) is 11.9 Å². The van der Waals surface area contributed by atoms with Gasteiger partial charge in [-0.25, -0.2) is 4.98 Å². The normalized spacial score (nSPS) is 14.4. The molecule has 34 heavy (non-hydrogen) atoms. The maximum absolute atomic E-state index is 13.0. The van der Waals surface area contributed by atoms with Crippen LogP contribution >= 0.6 is 0 Å². The summed E-state index contributed by atoms with van der Waals surface area (Å²) in [5, 5.41) is 5.51. The summed E-state index contributed by atoms with van der Waals surface area (Å²) in [6.07, 6.45) is 5.41. The van der Waals surface area contributed by atoms with Gasteiger partial charge in [-0.1, -0.05) is 54.6 Å². The number of nitrogens with zero attached hydrogens (tertiary/aromatic N) is 2. The number of ether oxygens (including phenoxy) is 1. The topological polar surface area (TPSA) is 111 Å². The van der Waals surface area contributed by atoms with Gasteiger partial charge in [0.25, 0.3) is 5.91 Å². The second kappa shape index (κ2) is 10.2. The molecule has 1 aliphatic carbocycles. The van der Waals surface area contributed by atoms with Gasteiger partial charge in [0, 0.05) is 12.2 Å².